The highest BCUT2D eigenvalue weighted by molar-refractivity contribution is 5.72. The monoisotopic (exact) mass is 391 g/mol. The Hall–Kier alpha value is -2.22. The molecule has 0 saturated heterocycles. The van der Waals surface area contributed by atoms with Crippen LogP contribution in [0, 0.1) is 17.8 Å². The van der Waals surface area contributed by atoms with Gasteiger partial charge in [-0.1, -0.05) is 49.9 Å². The van der Waals surface area contributed by atoms with E-state index in [2.05, 4.69) is 43.5 Å². The van der Waals surface area contributed by atoms with Crippen molar-refractivity contribution in [3.05, 3.63) is 85.0 Å². The Morgan fingerprint density at radius 2 is 1.93 bits per heavy atom. The number of halogens is 1. The number of rotatable bonds is 7. The van der Waals surface area contributed by atoms with E-state index in [-0.39, 0.29) is 11.7 Å². The van der Waals surface area contributed by atoms with Gasteiger partial charge in [0.05, 0.1) is 11.5 Å². The van der Waals surface area contributed by atoms with E-state index in [9.17, 15) is 4.39 Å². The van der Waals surface area contributed by atoms with E-state index in [4.69, 9.17) is 4.98 Å². The van der Waals surface area contributed by atoms with Crippen LogP contribution in [0.1, 0.15) is 69.0 Å². The highest BCUT2D eigenvalue weighted by Crippen LogP contribution is 2.36. The summed E-state index contributed by atoms with van der Waals surface area (Å²) in [6.07, 6.45) is 21.7. The minimum Gasteiger partial charge on any atom is -0.256 e. The van der Waals surface area contributed by atoms with Crippen molar-refractivity contribution in [2.24, 2.45) is 17.8 Å². The van der Waals surface area contributed by atoms with Crippen LogP contribution in [0.15, 0.2) is 73.8 Å². The van der Waals surface area contributed by atoms with E-state index in [1.165, 1.54) is 31.2 Å². The third-order valence-electron chi connectivity index (χ3n) is 6.53. The second kappa shape index (κ2) is 10.5. The van der Waals surface area contributed by atoms with E-state index in [0.29, 0.717) is 17.8 Å². The zero-order valence-electron chi connectivity index (χ0n) is 17.7. The summed E-state index contributed by atoms with van der Waals surface area (Å²) in [5.74, 6) is 1.73. The van der Waals surface area contributed by atoms with Gasteiger partial charge in [0.1, 0.15) is 0 Å². The summed E-state index contributed by atoms with van der Waals surface area (Å²) in [6, 6.07) is 4.35. The van der Waals surface area contributed by atoms with Crippen molar-refractivity contribution < 1.29 is 4.39 Å². The molecule has 1 fully saturated rings. The van der Waals surface area contributed by atoms with Gasteiger partial charge < -0.3 is 0 Å². The molecule has 0 spiro atoms. The molecule has 0 bridgehead atoms. The van der Waals surface area contributed by atoms with Crippen LogP contribution in [0.25, 0.3) is 5.57 Å². The molecule has 2 aliphatic rings. The molecule has 2 heteroatoms. The van der Waals surface area contributed by atoms with Gasteiger partial charge in [0, 0.05) is 12.1 Å². The molecule has 154 valence electrons. The minimum absolute atomic E-state index is 0.0517. The Balaban J connectivity index is 1.63. The van der Waals surface area contributed by atoms with Crippen molar-refractivity contribution in [3.8, 4) is 0 Å². The Labute approximate surface area is 175 Å². The molecule has 3 rings (SSSR count). The molecule has 2 aliphatic carbocycles. The van der Waals surface area contributed by atoms with Gasteiger partial charge in [-0.25, -0.2) is 4.39 Å². The van der Waals surface area contributed by atoms with Crippen molar-refractivity contribution >= 4 is 5.57 Å². The van der Waals surface area contributed by atoms with Crippen LogP contribution in [0.4, 0.5) is 4.39 Å². The number of allylic oxidation sites excluding steroid dienone is 8. The molecule has 1 aromatic rings. The second-order valence-corrected chi connectivity index (χ2v) is 8.61. The normalized spacial score (nSPS) is 28.2. The van der Waals surface area contributed by atoms with E-state index in [0.717, 1.165) is 30.5 Å². The molecule has 0 N–H and O–H groups in total. The van der Waals surface area contributed by atoms with Crippen molar-refractivity contribution in [2.45, 2.75) is 57.8 Å². The van der Waals surface area contributed by atoms with E-state index in [1.807, 2.05) is 25.3 Å². The zero-order chi connectivity index (χ0) is 20.6. The molecule has 2 atom stereocenters. The van der Waals surface area contributed by atoms with E-state index >= 15 is 0 Å². The first-order chi connectivity index (χ1) is 14.1. The largest absolute Gasteiger partial charge is 0.256 e. The summed E-state index contributed by atoms with van der Waals surface area (Å²) in [5.41, 5.74) is 3.36. The predicted molar refractivity (Wildman–Crippen MR) is 122 cm³/mol. The molecule has 1 nitrogen and oxygen atoms in total. The van der Waals surface area contributed by atoms with Gasteiger partial charge in [-0.15, -0.1) is 6.58 Å². The van der Waals surface area contributed by atoms with Gasteiger partial charge >= 0.3 is 0 Å². The van der Waals surface area contributed by atoms with Crippen LogP contribution < -0.4 is 0 Å². The fraction of sp³-hybridized carbons (Fsp3) is 0.444. The molecule has 1 saturated carbocycles. The summed E-state index contributed by atoms with van der Waals surface area (Å²) >= 11 is 0. The Morgan fingerprint density at radius 3 is 2.55 bits per heavy atom. The van der Waals surface area contributed by atoms with Gasteiger partial charge in [0.15, 0.2) is 0 Å². The fourth-order valence-corrected chi connectivity index (χ4v) is 4.49. The summed E-state index contributed by atoms with van der Waals surface area (Å²) in [7, 11) is 0. The molecular formula is C27H34FN. The highest BCUT2D eigenvalue weighted by atomic mass is 19.1. The van der Waals surface area contributed by atoms with Crippen molar-refractivity contribution in [1.29, 1.82) is 0 Å². The van der Waals surface area contributed by atoms with Crippen molar-refractivity contribution in [3.63, 3.8) is 0 Å². The Morgan fingerprint density at radius 1 is 1.14 bits per heavy atom. The maximum absolute atomic E-state index is 13.8. The maximum atomic E-state index is 13.8. The van der Waals surface area contributed by atoms with E-state index in [1.54, 1.807) is 6.08 Å². The number of hydrogen-bond acceptors (Lipinski definition) is 1. The smallest absolute Gasteiger partial charge is 0.0990 e. The highest BCUT2D eigenvalue weighted by Gasteiger charge is 2.21. The summed E-state index contributed by atoms with van der Waals surface area (Å²) in [5, 5.41) is 0. The molecule has 0 aliphatic heterocycles. The average molecular weight is 392 g/mol. The molecule has 29 heavy (non-hydrogen) atoms. The third-order valence-corrected chi connectivity index (χ3v) is 6.53. The lowest BCUT2D eigenvalue weighted by Crippen LogP contribution is -2.11. The second-order valence-electron chi connectivity index (χ2n) is 8.61. The number of nitrogens with zero attached hydrogens (tertiary/aromatic N) is 1. The number of pyridine rings is 1. The SMILES string of the molecule is C=C/C=C(\C=C/CC1C=C(F)C(C)CC1)c1ccc(C2CCC(C=C)CC2)cn1. The maximum Gasteiger partial charge on any atom is 0.0990 e. The van der Waals surface area contributed by atoms with Crippen LogP contribution in [-0.2, 0) is 0 Å². The van der Waals surface area contributed by atoms with Gasteiger partial charge in [0.25, 0.3) is 0 Å². The van der Waals surface area contributed by atoms with E-state index < -0.39 is 0 Å². The van der Waals surface area contributed by atoms with Crippen molar-refractivity contribution in [1.82, 2.24) is 4.98 Å². The predicted octanol–water partition coefficient (Wildman–Crippen LogP) is 7.96. The average Bonchev–Trinajstić information content (AvgIpc) is 2.76. The Bertz CT molecular complexity index is 775. The van der Waals surface area contributed by atoms with Crippen LogP contribution in [0.5, 0.6) is 0 Å². The zero-order valence-corrected chi connectivity index (χ0v) is 17.7. The summed E-state index contributed by atoms with van der Waals surface area (Å²) in [6.45, 7) is 9.74. The Kier molecular flexibility index (Phi) is 7.80. The topological polar surface area (TPSA) is 12.9 Å². The van der Waals surface area contributed by atoms with Gasteiger partial charge in [-0.2, -0.15) is 0 Å². The molecule has 0 amide bonds. The molecule has 1 aromatic heterocycles. The van der Waals surface area contributed by atoms with Crippen LogP contribution in [0.3, 0.4) is 0 Å². The number of aromatic nitrogens is 1. The first-order valence-electron chi connectivity index (χ1n) is 11.1. The lowest BCUT2D eigenvalue weighted by Gasteiger charge is -2.26. The lowest BCUT2D eigenvalue weighted by atomic mass is 9.79. The quantitative estimate of drug-likeness (QED) is 0.339. The minimum atomic E-state index is 0.0517. The lowest BCUT2D eigenvalue weighted by molar-refractivity contribution is 0.376. The molecule has 2 unspecified atom stereocenters. The van der Waals surface area contributed by atoms with Crippen LogP contribution >= 0.6 is 0 Å². The van der Waals surface area contributed by atoms with Gasteiger partial charge in [0.2, 0.25) is 0 Å². The van der Waals surface area contributed by atoms with Gasteiger partial charge in [-0.05, 0) is 86.0 Å². The van der Waals surface area contributed by atoms with Crippen LogP contribution in [0.2, 0.25) is 0 Å². The molecular weight excluding hydrogens is 357 g/mol. The molecule has 0 aromatic carbocycles. The summed E-state index contributed by atoms with van der Waals surface area (Å²) in [4.78, 5) is 4.74. The van der Waals surface area contributed by atoms with Crippen molar-refractivity contribution in [2.75, 3.05) is 0 Å². The molecule has 1 heterocycles. The first-order valence-corrected chi connectivity index (χ1v) is 11.1. The standard InChI is InChI=1S/C27H34FN/c1-4-7-24(9-6-8-22-11-10-20(3)26(28)18-22)27-17-16-25(19-29-27)23-14-12-21(5-2)13-15-23/h4-7,9,16-23H,1-2,8,10-15H2,3H3/b9-6-,24-7+. The third kappa shape index (κ3) is 5.88. The summed E-state index contributed by atoms with van der Waals surface area (Å²) < 4.78 is 13.8. The van der Waals surface area contributed by atoms with Crippen LogP contribution in [-0.4, -0.2) is 4.98 Å². The van der Waals surface area contributed by atoms with Gasteiger partial charge in [-0.3, -0.25) is 4.98 Å². The molecule has 0 radical (unpaired) electrons. The fourth-order valence-electron chi connectivity index (χ4n) is 4.49. The first kappa shape index (κ1) is 21.5. The number of hydrogen-bond donors (Lipinski definition) is 0.